The third-order valence-corrected chi connectivity index (χ3v) is 4.66. The maximum atomic E-state index is 13.1. The van der Waals surface area contributed by atoms with Crippen LogP contribution < -0.4 is 14.8 Å². The van der Waals surface area contributed by atoms with E-state index >= 15 is 0 Å². The lowest BCUT2D eigenvalue weighted by molar-refractivity contribution is -0.143. The van der Waals surface area contributed by atoms with Gasteiger partial charge in [-0.3, -0.25) is 9.59 Å². The Morgan fingerprint density at radius 2 is 1.73 bits per heavy atom. The lowest BCUT2D eigenvalue weighted by atomic mass is 10.1. The highest BCUT2D eigenvalue weighted by molar-refractivity contribution is 5.88. The molecule has 0 bridgehead atoms. The summed E-state index contributed by atoms with van der Waals surface area (Å²) in [6.07, 6.45) is 0.505. The zero-order chi connectivity index (χ0) is 21.9. The van der Waals surface area contributed by atoms with Gasteiger partial charge in [-0.05, 0) is 42.2 Å². The fourth-order valence-electron chi connectivity index (χ4n) is 3.05. The molecule has 6 nitrogen and oxygen atoms in total. The lowest BCUT2D eigenvalue weighted by Crippen LogP contribution is -2.50. The first-order valence-electron chi connectivity index (χ1n) is 10.3. The minimum absolute atomic E-state index is 0.137. The summed E-state index contributed by atoms with van der Waals surface area (Å²) >= 11 is 0. The minimum Gasteiger partial charge on any atom is -0.497 e. The quantitative estimate of drug-likeness (QED) is 0.612. The largest absolute Gasteiger partial charge is 0.497 e. The van der Waals surface area contributed by atoms with Gasteiger partial charge in [-0.1, -0.05) is 51.1 Å². The topological polar surface area (TPSA) is 67.9 Å². The van der Waals surface area contributed by atoms with Gasteiger partial charge < -0.3 is 19.7 Å². The lowest BCUT2D eigenvalue weighted by Gasteiger charge is -2.31. The van der Waals surface area contributed by atoms with Crippen LogP contribution in [0.5, 0.6) is 11.5 Å². The second-order valence-electron chi connectivity index (χ2n) is 7.54. The van der Waals surface area contributed by atoms with Crippen LogP contribution >= 0.6 is 0 Å². The molecule has 2 aromatic carbocycles. The van der Waals surface area contributed by atoms with Crippen LogP contribution in [0.1, 0.15) is 32.8 Å². The second kappa shape index (κ2) is 11.9. The number of nitrogens with zero attached hydrogens (tertiary/aromatic N) is 1. The van der Waals surface area contributed by atoms with Crippen molar-refractivity contribution in [2.24, 2.45) is 5.92 Å². The first kappa shape index (κ1) is 23.3. The number of hydrogen-bond donors (Lipinski definition) is 1. The molecule has 0 spiro atoms. The van der Waals surface area contributed by atoms with Crippen molar-refractivity contribution >= 4 is 11.8 Å². The summed E-state index contributed by atoms with van der Waals surface area (Å²) in [4.78, 5) is 27.5. The zero-order valence-corrected chi connectivity index (χ0v) is 18.3. The first-order valence-corrected chi connectivity index (χ1v) is 10.3. The average Bonchev–Trinajstić information content (AvgIpc) is 2.76. The molecule has 6 heteroatoms. The van der Waals surface area contributed by atoms with Crippen LogP contribution in [-0.2, 0) is 16.1 Å². The summed E-state index contributed by atoms with van der Waals surface area (Å²) < 4.78 is 11.0. The van der Waals surface area contributed by atoms with E-state index in [0.717, 1.165) is 5.56 Å². The van der Waals surface area contributed by atoms with Crippen molar-refractivity contribution in [2.75, 3.05) is 20.3 Å². The summed E-state index contributed by atoms with van der Waals surface area (Å²) in [5, 5.41) is 2.95. The molecular weight excluding hydrogens is 380 g/mol. The predicted molar refractivity (Wildman–Crippen MR) is 117 cm³/mol. The average molecular weight is 413 g/mol. The Morgan fingerprint density at radius 3 is 2.37 bits per heavy atom. The first-order chi connectivity index (χ1) is 14.4. The maximum Gasteiger partial charge on any atom is 0.261 e. The van der Waals surface area contributed by atoms with Crippen LogP contribution in [0.2, 0.25) is 0 Å². The molecule has 2 rings (SSSR count). The van der Waals surface area contributed by atoms with E-state index in [1.165, 1.54) is 0 Å². The van der Waals surface area contributed by atoms with Crippen LogP contribution in [0.3, 0.4) is 0 Å². The van der Waals surface area contributed by atoms with Gasteiger partial charge in [0.2, 0.25) is 5.91 Å². The van der Waals surface area contributed by atoms with Crippen LogP contribution in [0, 0.1) is 5.92 Å². The molecule has 0 heterocycles. The molecule has 162 valence electrons. The van der Waals surface area contributed by atoms with Crippen molar-refractivity contribution in [3.63, 3.8) is 0 Å². The SMILES string of the molecule is CCC(C(=O)NCC(C)C)N(Cc1cccc(OC)c1)C(=O)COc1ccccc1. The van der Waals surface area contributed by atoms with Crippen molar-refractivity contribution in [1.29, 1.82) is 0 Å². The molecule has 2 amide bonds. The molecule has 0 aliphatic heterocycles. The highest BCUT2D eigenvalue weighted by atomic mass is 16.5. The third kappa shape index (κ3) is 7.10. The summed E-state index contributed by atoms with van der Waals surface area (Å²) in [6.45, 7) is 6.70. The predicted octanol–water partition coefficient (Wildman–Crippen LogP) is 3.65. The van der Waals surface area contributed by atoms with Crippen molar-refractivity contribution in [3.05, 3.63) is 60.2 Å². The summed E-state index contributed by atoms with van der Waals surface area (Å²) in [5.74, 6) is 1.26. The Hall–Kier alpha value is -3.02. The molecule has 0 radical (unpaired) electrons. The van der Waals surface area contributed by atoms with E-state index in [0.29, 0.717) is 36.9 Å². The van der Waals surface area contributed by atoms with Gasteiger partial charge in [-0.25, -0.2) is 0 Å². The molecule has 0 saturated carbocycles. The van der Waals surface area contributed by atoms with Crippen molar-refractivity contribution in [2.45, 2.75) is 39.8 Å². The normalized spacial score (nSPS) is 11.6. The van der Waals surface area contributed by atoms with Crippen molar-refractivity contribution in [3.8, 4) is 11.5 Å². The highest BCUT2D eigenvalue weighted by Gasteiger charge is 2.29. The number of ether oxygens (including phenoxy) is 2. The number of para-hydroxylation sites is 1. The smallest absolute Gasteiger partial charge is 0.261 e. The van der Waals surface area contributed by atoms with Crippen LogP contribution in [-0.4, -0.2) is 43.0 Å². The Bertz CT molecular complexity index is 808. The number of nitrogens with one attached hydrogen (secondary N) is 1. The molecule has 0 aromatic heterocycles. The highest BCUT2D eigenvalue weighted by Crippen LogP contribution is 2.18. The number of methoxy groups -OCH3 is 1. The molecule has 0 fully saturated rings. The van der Waals surface area contributed by atoms with E-state index in [-0.39, 0.29) is 18.4 Å². The molecule has 1 N–H and O–H groups in total. The van der Waals surface area contributed by atoms with Gasteiger partial charge in [0.25, 0.3) is 5.91 Å². The number of hydrogen-bond acceptors (Lipinski definition) is 4. The molecule has 1 atom stereocenters. The zero-order valence-electron chi connectivity index (χ0n) is 18.3. The van der Waals surface area contributed by atoms with E-state index in [9.17, 15) is 9.59 Å². The minimum atomic E-state index is -0.582. The van der Waals surface area contributed by atoms with Crippen molar-refractivity contribution < 1.29 is 19.1 Å². The molecule has 0 saturated heterocycles. The molecular formula is C24H32N2O4. The van der Waals surface area contributed by atoms with Crippen LogP contribution in [0.25, 0.3) is 0 Å². The van der Waals surface area contributed by atoms with Gasteiger partial charge in [0.15, 0.2) is 6.61 Å². The summed E-state index contributed by atoms with van der Waals surface area (Å²) in [6, 6.07) is 16.1. The molecule has 0 aliphatic carbocycles. The van der Waals surface area contributed by atoms with Gasteiger partial charge in [-0.2, -0.15) is 0 Å². The monoisotopic (exact) mass is 412 g/mol. The molecule has 1 unspecified atom stereocenters. The molecule has 30 heavy (non-hydrogen) atoms. The standard InChI is InChI=1S/C24H32N2O4/c1-5-22(24(28)25-15-18(2)3)26(16-19-10-9-13-21(14-19)29-4)23(27)17-30-20-11-7-6-8-12-20/h6-14,18,22H,5,15-17H2,1-4H3,(H,25,28). The van der Waals surface area contributed by atoms with Gasteiger partial charge >= 0.3 is 0 Å². The van der Waals surface area contributed by atoms with Gasteiger partial charge in [0.05, 0.1) is 7.11 Å². The Balaban J connectivity index is 2.20. The van der Waals surface area contributed by atoms with E-state index < -0.39 is 6.04 Å². The Morgan fingerprint density at radius 1 is 1.03 bits per heavy atom. The number of amides is 2. The summed E-state index contributed by atoms with van der Waals surface area (Å²) in [7, 11) is 1.60. The molecule has 2 aromatic rings. The van der Waals surface area contributed by atoms with E-state index in [4.69, 9.17) is 9.47 Å². The van der Waals surface area contributed by atoms with Gasteiger partial charge in [0, 0.05) is 13.1 Å². The van der Waals surface area contributed by atoms with Gasteiger partial charge in [0.1, 0.15) is 17.5 Å². The number of carbonyl (C=O) groups excluding carboxylic acids is 2. The maximum absolute atomic E-state index is 13.1. The Kier molecular flexibility index (Phi) is 9.19. The van der Waals surface area contributed by atoms with Crippen LogP contribution in [0.15, 0.2) is 54.6 Å². The van der Waals surface area contributed by atoms with E-state index in [1.54, 1.807) is 24.1 Å². The van der Waals surface area contributed by atoms with Gasteiger partial charge in [-0.15, -0.1) is 0 Å². The van der Waals surface area contributed by atoms with E-state index in [2.05, 4.69) is 5.32 Å². The Labute approximate surface area is 179 Å². The number of benzene rings is 2. The summed E-state index contributed by atoms with van der Waals surface area (Å²) in [5.41, 5.74) is 0.887. The van der Waals surface area contributed by atoms with Crippen molar-refractivity contribution in [1.82, 2.24) is 10.2 Å². The van der Waals surface area contributed by atoms with E-state index in [1.807, 2.05) is 63.2 Å². The molecule has 0 aliphatic rings. The number of carbonyl (C=O) groups is 2. The fraction of sp³-hybridized carbons (Fsp3) is 0.417. The number of rotatable bonds is 11. The third-order valence-electron chi connectivity index (χ3n) is 4.66. The van der Waals surface area contributed by atoms with Crippen LogP contribution in [0.4, 0.5) is 0 Å². The second-order valence-corrected chi connectivity index (χ2v) is 7.54. The fourth-order valence-corrected chi connectivity index (χ4v) is 3.05.